The van der Waals surface area contributed by atoms with Crippen LogP contribution in [-0.4, -0.2) is 33.0 Å². The van der Waals surface area contributed by atoms with Crippen LogP contribution < -0.4 is 10.2 Å². The number of aliphatic hydroxyl groups is 1. The fourth-order valence-electron chi connectivity index (χ4n) is 2.67. The van der Waals surface area contributed by atoms with Gasteiger partial charge in [0, 0.05) is 17.7 Å². The number of phenolic OH excluding ortho intramolecular Hbond substituents is 3. The summed E-state index contributed by atoms with van der Waals surface area (Å²) in [6.07, 6.45) is -1.51. The molecular formula is C18H14O8. The summed E-state index contributed by atoms with van der Waals surface area (Å²) in [5.41, 5.74) is -0.00276. The molecule has 0 bridgehead atoms. The Balaban J connectivity index is 1.82. The zero-order valence-corrected chi connectivity index (χ0v) is 13.2. The third-order valence-electron chi connectivity index (χ3n) is 4.04. The molecule has 134 valence electrons. The van der Waals surface area contributed by atoms with Gasteiger partial charge in [-0.05, 0) is 24.3 Å². The number of ether oxygens (including phenoxy) is 2. The number of hydrogen-bond acceptors (Lipinski definition) is 8. The minimum Gasteiger partial charge on any atom is -0.508 e. The molecule has 4 N–H and O–H groups in total. The van der Waals surface area contributed by atoms with Crippen LogP contribution in [0.1, 0.15) is 6.42 Å². The maximum Gasteiger partial charge on any atom is 0.207 e. The lowest BCUT2D eigenvalue weighted by Gasteiger charge is -2.31. The van der Waals surface area contributed by atoms with Crippen LogP contribution >= 0.6 is 0 Å². The van der Waals surface area contributed by atoms with E-state index in [-0.39, 0.29) is 34.6 Å². The van der Waals surface area contributed by atoms with Crippen LogP contribution in [0.2, 0.25) is 0 Å². The molecule has 2 atom stereocenters. The molecular weight excluding hydrogens is 344 g/mol. The van der Waals surface area contributed by atoms with Crippen LogP contribution in [0.4, 0.5) is 0 Å². The van der Waals surface area contributed by atoms with Crippen LogP contribution in [0.5, 0.6) is 23.0 Å². The lowest BCUT2D eigenvalue weighted by molar-refractivity contribution is -0.293. The Labute approximate surface area is 146 Å². The summed E-state index contributed by atoms with van der Waals surface area (Å²) >= 11 is 0. The number of aromatic hydroxyl groups is 3. The van der Waals surface area contributed by atoms with E-state index < -0.39 is 29.5 Å². The summed E-state index contributed by atoms with van der Waals surface area (Å²) in [5.74, 6) is -1.14. The minimum atomic E-state index is -0.935. The quantitative estimate of drug-likeness (QED) is 0.523. The summed E-state index contributed by atoms with van der Waals surface area (Å²) < 4.78 is 15.9. The van der Waals surface area contributed by atoms with Gasteiger partial charge in [-0.1, -0.05) is 0 Å². The number of aliphatic hydroxyl groups excluding tert-OH is 1. The SMILES string of the molecule is O=c1cc(-c2ccc(O)cc2)oc2cc(OC3CC(O)O3)c(O)c(O)c12. The summed E-state index contributed by atoms with van der Waals surface area (Å²) in [4.78, 5) is 12.4. The number of benzene rings is 2. The zero-order valence-electron chi connectivity index (χ0n) is 13.2. The van der Waals surface area contributed by atoms with Crippen molar-refractivity contribution >= 4 is 11.0 Å². The Morgan fingerprint density at radius 3 is 2.38 bits per heavy atom. The van der Waals surface area contributed by atoms with Gasteiger partial charge in [0.05, 0.1) is 6.42 Å². The van der Waals surface area contributed by atoms with E-state index in [2.05, 4.69) is 0 Å². The van der Waals surface area contributed by atoms with E-state index in [1.807, 2.05) is 0 Å². The van der Waals surface area contributed by atoms with Crippen LogP contribution in [-0.2, 0) is 4.74 Å². The molecule has 0 aliphatic carbocycles. The number of hydrogen-bond donors (Lipinski definition) is 4. The zero-order chi connectivity index (χ0) is 18.4. The third kappa shape index (κ3) is 2.71. The maximum atomic E-state index is 12.4. The second kappa shape index (κ2) is 5.94. The minimum absolute atomic E-state index is 0.00532. The van der Waals surface area contributed by atoms with E-state index in [1.54, 1.807) is 12.1 Å². The molecule has 1 aliphatic rings. The van der Waals surface area contributed by atoms with Crippen molar-refractivity contribution in [3.05, 3.63) is 46.6 Å². The normalized spacial score (nSPS) is 19.3. The van der Waals surface area contributed by atoms with Gasteiger partial charge in [-0.15, -0.1) is 0 Å². The molecule has 8 nitrogen and oxygen atoms in total. The van der Waals surface area contributed by atoms with E-state index in [9.17, 15) is 20.1 Å². The Morgan fingerprint density at radius 1 is 1.04 bits per heavy atom. The highest BCUT2D eigenvalue weighted by atomic mass is 16.8. The number of phenols is 3. The van der Waals surface area contributed by atoms with Gasteiger partial charge in [-0.2, -0.15) is 0 Å². The van der Waals surface area contributed by atoms with E-state index in [0.29, 0.717) is 5.56 Å². The first-order valence-corrected chi connectivity index (χ1v) is 7.75. The van der Waals surface area contributed by atoms with Gasteiger partial charge < -0.3 is 34.3 Å². The Morgan fingerprint density at radius 2 is 1.73 bits per heavy atom. The predicted molar refractivity (Wildman–Crippen MR) is 89.0 cm³/mol. The molecule has 3 aromatic rings. The molecule has 26 heavy (non-hydrogen) atoms. The fourth-order valence-corrected chi connectivity index (χ4v) is 2.67. The molecule has 0 amide bonds. The Kier molecular flexibility index (Phi) is 3.71. The van der Waals surface area contributed by atoms with Gasteiger partial charge in [0.1, 0.15) is 22.5 Å². The van der Waals surface area contributed by atoms with Crippen LogP contribution in [0, 0.1) is 0 Å². The average Bonchev–Trinajstić information content (AvgIpc) is 2.58. The van der Waals surface area contributed by atoms with E-state index in [0.717, 1.165) is 0 Å². The van der Waals surface area contributed by atoms with E-state index >= 15 is 0 Å². The third-order valence-corrected chi connectivity index (χ3v) is 4.04. The van der Waals surface area contributed by atoms with Gasteiger partial charge in [0.25, 0.3) is 0 Å². The highest BCUT2D eigenvalue weighted by Crippen LogP contribution is 2.42. The first-order chi connectivity index (χ1) is 12.4. The van der Waals surface area contributed by atoms with Crippen molar-refractivity contribution in [3.63, 3.8) is 0 Å². The van der Waals surface area contributed by atoms with Crippen molar-refractivity contribution in [1.29, 1.82) is 0 Å². The lowest BCUT2D eigenvalue weighted by Crippen LogP contribution is -2.40. The largest absolute Gasteiger partial charge is 0.508 e. The van der Waals surface area contributed by atoms with Crippen molar-refractivity contribution in [3.8, 4) is 34.3 Å². The molecule has 8 heteroatoms. The molecule has 1 aliphatic heterocycles. The average molecular weight is 358 g/mol. The number of fused-ring (bicyclic) bond motifs is 1. The molecule has 0 radical (unpaired) electrons. The first-order valence-electron chi connectivity index (χ1n) is 7.75. The molecule has 2 unspecified atom stereocenters. The van der Waals surface area contributed by atoms with Gasteiger partial charge in [-0.3, -0.25) is 4.79 Å². The summed E-state index contributed by atoms with van der Waals surface area (Å²) in [6, 6.07) is 8.48. The molecule has 1 fully saturated rings. The van der Waals surface area contributed by atoms with Crippen molar-refractivity contribution in [2.75, 3.05) is 0 Å². The topological polar surface area (TPSA) is 130 Å². The van der Waals surface area contributed by atoms with Gasteiger partial charge in [0.15, 0.2) is 23.2 Å². The molecule has 4 rings (SSSR count). The first kappa shape index (κ1) is 16.2. The van der Waals surface area contributed by atoms with Gasteiger partial charge in [-0.25, -0.2) is 0 Å². The highest BCUT2D eigenvalue weighted by Gasteiger charge is 2.31. The lowest BCUT2D eigenvalue weighted by atomic mass is 10.1. The van der Waals surface area contributed by atoms with E-state index in [4.69, 9.17) is 19.0 Å². The predicted octanol–water partition coefficient (Wildman–Crippen LogP) is 2.02. The fraction of sp³-hybridized carbons (Fsp3) is 0.167. The summed E-state index contributed by atoms with van der Waals surface area (Å²) in [6.45, 7) is 0. The molecule has 1 saturated heterocycles. The van der Waals surface area contributed by atoms with Crippen molar-refractivity contribution in [2.45, 2.75) is 19.0 Å². The smallest absolute Gasteiger partial charge is 0.207 e. The molecule has 2 aromatic carbocycles. The Bertz CT molecular complexity index is 1030. The second-order valence-electron chi connectivity index (χ2n) is 5.84. The van der Waals surface area contributed by atoms with Crippen LogP contribution in [0.3, 0.4) is 0 Å². The van der Waals surface area contributed by atoms with Gasteiger partial charge >= 0.3 is 0 Å². The molecule has 0 spiro atoms. The van der Waals surface area contributed by atoms with Crippen molar-refractivity contribution in [1.82, 2.24) is 0 Å². The molecule has 2 heterocycles. The molecule has 1 aromatic heterocycles. The second-order valence-corrected chi connectivity index (χ2v) is 5.84. The monoisotopic (exact) mass is 358 g/mol. The van der Waals surface area contributed by atoms with Crippen molar-refractivity contribution < 1.29 is 34.3 Å². The molecule has 0 saturated carbocycles. The standard InChI is InChI=1S/C18H14O8/c19-9-3-1-8(2-4-9)11-5-10(20)16-12(24-11)6-13(17(22)18(16)23)25-15-7-14(21)26-15/h1-6,14-15,19,21-23H,7H2. The Hall–Kier alpha value is -3.23. The van der Waals surface area contributed by atoms with Crippen LogP contribution in [0.25, 0.3) is 22.3 Å². The van der Waals surface area contributed by atoms with E-state index in [1.165, 1.54) is 24.3 Å². The summed E-state index contributed by atoms with van der Waals surface area (Å²) in [5, 5.41) is 38.5. The summed E-state index contributed by atoms with van der Waals surface area (Å²) in [7, 11) is 0. The highest BCUT2D eigenvalue weighted by molar-refractivity contribution is 5.89. The van der Waals surface area contributed by atoms with Gasteiger partial charge in [0.2, 0.25) is 12.0 Å². The maximum absolute atomic E-state index is 12.4. The van der Waals surface area contributed by atoms with Crippen molar-refractivity contribution in [2.24, 2.45) is 0 Å². The number of rotatable bonds is 3. The van der Waals surface area contributed by atoms with Crippen LogP contribution in [0.15, 0.2) is 45.6 Å².